The minimum atomic E-state index is -1.13. The Morgan fingerprint density at radius 3 is 2.88 bits per heavy atom. The van der Waals surface area contributed by atoms with Gasteiger partial charge in [0, 0.05) is 5.39 Å². The molecule has 0 fully saturated rings. The lowest BCUT2D eigenvalue weighted by atomic mass is 9.99. The highest BCUT2D eigenvalue weighted by molar-refractivity contribution is 7.08. The van der Waals surface area contributed by atoms with E-state index in [2.05, 4.69) is 10.3 Å². The van der Waals surface area contributed by atoms with E-state index in [1.165, 1.54) is 18.4 Å². The number of rotatable bonds is 5. The molecule has 2 heterocycles. The Labute approximate surface area is 143 Å². The zero-order chi connectivity index (χ0) is 17.2. The van der Waals surface area contributed by atoms with Gasteiger partial charge in [-0.1, -0.05) is 18.2 Å². The monoisotopic (exact) mass is 342 g/mol. The van der Waals surface area contributed by atoms with Crippen molar-refractivity contribution in [3.05, 3.63) is 58.4 Å². The fraction of sp³-hybridized carbons (Fsp3) is 0.222. The summed E-state index contributed by atoms with van der Waals surface area (Å²) < 4.78 is 5.28. The lowest BCUT2D eigenvalue weighted by molar-refractivity contribution is 0.0528. The summed E-state index contributed by atoms with van der Waals surface area (Å²) in [5.41, 5.74) is -0.0973. The zero-order valence-corrected chi connectivity index (χ0v) is 14.3. The summed E-state index contributed by atoms with van der Waals surface area (Å²) in [6.07, 6.45) is 0. The van der Waals surface area contributed by atoms with E-state index in [4.69, 9.17) is 4.74 Å². The number of amides is 1. The average Bonchev–Trinajstić information content (AvgIpc) is 3.14. The van der Waals surface area contributed by atoms with Gasteiger partial charge in [-0.3, -0.25) is 4.79 Å². The average molecular weight is 342 g/mol. The molecule has 2 N–H and O–H groups in total. The number of aliphatic hydroxyl groups is 1. The predicted octanol–water partition coefficient (Wildman–Crippen LogP) is 2.94. The standard InChI is InChI=1S/C18H18N2O3S/c1-18(22,13-7-8-24-10-13)11-19-16(21)15-9-12-5-3-4-6-14(12)17(20-15)23-2/h3-10,22H,11H2,1-2H3,(H,19,21). The Morgan fingerprint density at radius 1 is 1.38 bits per heavy atom. The van der Waals surface area contributed by atoms with Crippen LogP contribution >= 0.6 is 11.3 Å². The maximum Gasteiger partial charge on any atom is 0.270 e. The third kappa shape index (κ3) is 3.25. The van der Waals surface area contributed by atoms with Crippen molar-refractivity contribution in [2.75, 3.05) is 13.7 Å². The second kappa shape index (κ2) is 6.59. The Bertz CT molecular complexity index is 860. The number of fused-ring (bicyclic) bond motifs is 1. The molecule has 0 saturated carbocycles. The van der Waals surface area contributed by atoms with Crippen LogP contribution in [0.25, 0.3) is 10.8 Å². The summed E-state index contributed by atoms with van der Waals surface area (Å²) in [6, 6.07) is 11.1. The Hall–Kier alpha value is -2.44. The summed E-state index contributed by atoms with van der Waals surface area (Å²) in [4.78, 5) is 16.7. The van der Waals surface area contributed by atoms with Gasteiger partial charge in [0.05, 0.1) is 13.7 Å². The fourth-order valence-electron chi connectivity index (χ4n) is 2.45. The number of thiophene rings is 1. The summed E-state index contributed by atoms with van der Waals surface area (Å²) in [7, 11) is 1.53. The molecule has 0 spiro atoms. The number of hydrogen-bond donors (Lipinski definition) is 2. The summed E-state index contributed by atoms with van der Waals surface area (Å²) in [5.74, 6) is 0.0532. The summed E-state index contributed by atoms with van der Waals surface area (Å²) in [5, 5.41) is 18.7. The molecule has 3 rings (SSSR count). The zero-order valence-electron chi connectivity index (χ0n) is 13.4. The molecular weight excluding hydrogens is 324 g/mol. The first-order chi connectivity index (χ1) is 11.5. The topological polar surface area (TPSA) is 71.5 Å². The second-order valence-corrected chi connectivity index (χ2v) is 6.49. The first kappa shape index (κ1) is 16.4. The molecule has 1 unspecified atom stereocenters. The van der Waals surface area contributed by atoms with Gasteiger partial charge in [-0.15, -0.1) is 0 Å². The van der Waals surface area contributed by atoms with Crippen molar-refractivity contribution in [3.8, 4) is 5.88 Å². The van der Waals surface area contributed by atoms with E-state index < -0.39 is 5.60 Å². The van der Waals surface area contributed by atoms with Crippen LogP contribution in [0.5, 0.6) is 5.88 Å². The highest BCUT2D eigenvalue weighted by Crippen LogP contribution is 2.25. The molecule has 1 amide bonds. The quantitative estimate of drug-likeness (QED) is 0.748. The highest BCUT2D eigenvalue weighted by Gasteiger charge is 2.25. The third-order valence-electron chi connectivity index (χ3n) is 3.87. The Kier molecular flexibility index (Phi) is 4.51. The minimum Gasteiger partial charge on any atom is -0.481 e. The van der Waals surface area contributed by atoms with Gasteiger partial charge in [0.2, 0.25) is 5.88 Å². The number of benzene rings is 1. The molecule has 5 nitrogen and oxygen atoms in total. The number of nitrogens with one attached hydrogen (secondary N) is 1. The molecule has 0 aliphatic carbocycles. The van der Waals surface area contributed by atoms with Gasteiger partial charge in [0.25, 0.3) is 5.91 Å². The summed E-state index contributed by atoms with van der Waals surface area (Å²) >= 11 is 1.50. The van der Waals surface area contributed by atoms with Gasteiger partial charge in [-0.2, -0.15) is 11.3 Å². The summed E-state index contributed by atoms with van der Waals surface area (Å²) in [6.45, 7) is 1.77. The smallest absolute Gasteiger partial charge is 0.270 e. The first-order valence-electron chi connectivity index (χ1n) is 7.48. The van der Waals surface area contributed by atoms with Gasteiger partial charge in [0.1, 0.15) is 11.3 Å². The van der Waals surface area contributed by atoms with Gasteiger partial charge in [0.15, 0.2) is 0 Å². The molecule has 0 aliphatic heterocycles. The molecule has 0 bridgehead atoms. The van der Waals surface area contributed by atoms with Crippen LogP contribution in [0.3, 0.4) is 0 Å². The van der Waals surface area contributed by atoms with E-state index in [-0.39, 0.29) is 18.1 Å². The van der Waals surface area contributed by atoms with E-state index >= 15 is 0 Å². The van der Waals surface area contributed by atoms with Crippen LogP contribution in [-0.4, -0.2) is 29.7 Å². The van der Waals surface area contributed by atoms with Crippen LogP contribution in [0.2, 0.25) is 0 Å². The highest BCUT2D eigenvalue weighted by atomic mass is 32.1. The van der Waals surface area contributed by atoms with E-state index in [0.29, 0.717) is 5.88 Å². The molecule has 1 aromatic carbocycles. The molecule has 2 aromatic heterocycles. The van der Waals surface area contributed by atoms with E-state index in [0.717, 1.165) is 16.3 Å². The van der Waals surface area contributed by atoms with Gasteiger partial charge >= 0.3 is 0 Å². The minimum absolute atomic E-state index is 0.0966. The third-order valence-corrected chi connectivity index (χ3v) is 4.55. The van der Waals surface area contributed by atoms with Crippen molar-refractivity contribution in [1.82, 2.24) is 10.3 Å². The van der Waals surface area contributed by atoms with Crippen LogP contribution in [0.15, 0.2) is 47.2 Å². The molecule has 3 aromatic rings. The number of ether oxygens (including phenoxy) is 1. The van der Waals surface area contributed by atoms with Gasteiger partial charge in [-0.05, 0) is 46.8 Å². The molecular formula is C18H18N2O3S. The van der Waals surface area contributed by atoms with Crippen LogP contribution in [0, 0.1) is 0 Å². The van der Waals surface area contributed by atoms with Crippen LogP contribution in [0.1, 0.15) is 23.0 Å². The number of methoxy groups -OCH3 is 1. The number of aromatic nitrogens is 1. The largest absolute Gasteiger partial charge is 0.481 e. The van der Waals surface area contributed by atoms with Gasteiger partial charge in [-0.25, -0.2) is 4.98 Å². The lowest BCUT2D eigenvalue weighted by Gasteiger charge is -2.22. The number of hydrogen-bond acceptors (Lipinski definition) is 5. The maximum atomic E-state index is 12.4. The number of carbonyl (C=O) groups is 1. The van der Waals surface area contributed by atoms with E-state index in [1.807, 2.05) is 41.1 Å². The molecule has 124 valence electrons. The van der Waals surface area contributed by atoms with Gasteiger partial charge < -0.3 is 15.2 Å². The van der Waals surface area contributed by atoms with Crippen molar-refractivity contribution in [2.24, 2.45) is 0 Å². The van der Waals surface area contributed by atoms with Crippen LogP contribution < -0.4 is 10.1 Å². The van der Waals surface area contributed by atoms with Crippen molar-refractivity contribution in [3.63, 3.8) is 0 Å². The van der Waals surface area contributed by atoms with Crippen molar-refractivity contribution in [2.45, 2.75) is 12.5 Å². The van der Waals surface area contributed by atoms with Crippen molar-refractivity contribution in [1.29, 1.82) is 0 Å². The lowest BCUT2D eigenvalue weighted by Crippen LogP contribution is -2.38. The van der Waals surface area contributed by atoms with E-state index in [1.54, 1.807) is 13.0 Å². The van der Waals surface area contributed by atoms with Crippen molar-refractivity contribution < 1.29 is 14.6 Å². The number of nitrogens with zero attached hydrogens (tertiary/aromatic N) is 1. The second-order valence-electron chi connectivity index (χ2n) is 5.71. The SMILES string of the molecule is COc1nc(C(=O)NCC(C)(O)c2ccsc2)cc2ccccc12. The first-order valence-corrected chi connectivity index (χ1v) is 8.42. The molecule has 0 aliphatic rings. The molecule has 0 saturated heterocycles. The predicted molar refractivity (Wildman–Crippen MR) is 94.5 cm³/mol. The van der Waals surface area contributed by atoms with Crippen molar-refractivity contribution >= 4 is 28.0 Å². The van der Waals surface area contributed by atoms with E-state index in [9.17, 15) is 9.90 Å². The Morgan fingerprint density at radius 2 is 2.17 bits per heavy atom. The maximum absolute atomic E-state index is 12.4. The molecule has 0 radical (unpaired) electrons. The fourth-order valence-corrected chi connectivity index (χ4v) is 3.24. The molecule has 6 heteroatoms. The Balaban J connectivity index is 1.81. The molecule has 1 atom stereocenters. The van der Waals surface area contributed by atoms with Crippen LogP contribution in [0.4, 0.5) is 0 Å². The number of pyridine rings is 1. The number of carbonyl (C=O) groups excluding carboxylic acids is 1. The normalized spacial score (nSPS) is 13.5. The molecule has 24 heavy (non-hydrogen) atoms. The van der Waals surface area contributed by atoms with Crippen LogP contribution in [-0.2, 0) is 5.60 Å².